The van der Waals surface area contributed by atoms with Crippen molar-refractivity contribution in [2.45, 2.75) is 27.2 Å². The molecule has 0 saturated heterocycles. The summed E-state index contributed by atoms with van der Waals surface area (Å²) in [6.45, 7) is 6.90. The lowest BCUT2D eigenvalue weighted by Crippen LogP contribution is -2.37. The molecule has 0 aromatic heterocycles. The molecule has 0 amide bonds. The molecule has 0 unspecified atom stereocenters. The fourth-order valence-electron chi connectivity index (χ4n) is 2.71. The third kappa shape index (κ3) is 7.36. The number of thiocarbonyl (C=S) groups is 1. The Labute approximate surface area is 173 Å². The van der Waals surface area contributed by atoms with Gasteiger partial charge in [0.1, 0.15) is 6.29 Å². The molecule has 0 radical (unpaired) electrons. The zero-order chi connectivity index (χ0) is 20.4. The van der Waals surface area contributed by atoms with Gasteiger partial charge in [-0.25, -0.2) is 0 Å². The van der Waals surface area contributed by atoms with Crippen LogP contribution in [0.3, 0.4) is 0 Å². The van der Waals surface area contributed by atoms with Crippen molar-refractivity contribution in [3.8, 4) is 0 Å². The Morgan fingerprint density at radius 1 is 1.04 bits per heavy atom. The highest BCUT2D eigenvalue weighted by Crippen LogP contribution is 2.48. The molecule has 2 rings (SSSR count). The molecule has 7 heteroatoms. The SMILES string of the molecule is CCOP(=O)(CN(CCc1ccccc1)C(=S)Nc1ccc(C)cc1)OCC. The van der Waals surface area contributed by atoms with Crippen LogP contribution in [0.1, 0.15) is 25.0 Å². The topological polar surface area (TPSA) is 50.8 Å². The van der Waals surface area contributed by atoms with E-state index in [-0.39, 0.29) is 6.29 Å². The van der Waals surface area contributed by atoms with Crippen molar-refractivity contribution in [3.63, 3.8) is 0 Å². The summed E-state index contributed by atoms with van der Waals surface area (Å²) in [5.74, 6) is 0. The second-order valence-electron chi connectivity index (χ2n) is 6.38. The monoisotopic (exact) mass is 420 g/mol. The molecule has 2 aromatic rings. The molecular weight excluding hydrogens is 391 g/mol. The molecule has 152 valence electrons. The van der Waals surface area contributed by atoms with Crippen molar-refractivity contribution in [3.05, 3.63) is 65.7 Å². The van der Waals surface area contributed by atoms with Crippen LogP contribution < -0.4 is 5.32 Å². The van der Waals surface area contributed by atoms with Gasteiger partial charge in [-0.15, -0.1) is 0 Å². The minimum absolute atomic E-state index is 0.110. The van der Waals surface area contributed by atoms with Gasteiger partial charge >= 0.3 is 7.60 Å². The van der Waals surface area contributed by atoms with Gasteiger partial charge in [0.2, 0.25) is 0 Å². The maximum atomic E-state index is 13.1. The zero-order valence-corrected chi connectivity index (χ0v) is 18.5. The first-order valence-electron chi connectivity index (χ1n) is 9.50. The highest BCUT2D eigenvalue weighted by molar-refractivity contribution is 7.80. The molecule has 1 N–H and O–H groups in total. The van der Waals surface area contributed by atoms with Crippen LogP contribution in [-0.2, 0) is 20.0 Å². The van der Waals surface area contributed by atoms with Crippen molar-refractivity contribution in [1.82, 2.24) is 4.90 Å². The molecule has 2 aromatic carbocycles. The third-order valence-electron chi connectivity index (χ3n) is 4.10. The maximum Gasteiger partial charge on any atom is 0.349 e. The Balaban J connectivity index is 2.14. The second kappa shape index (κ2) is 11.3. The van der Waals surface area contributed by atoms with Gasteiger partial charge < -0.3 is 19.3 Å². The number of rotatable bonds is 10. The molecule has 0 atom stereocenters. The fraction of sp³-hybridized carbons (Fsp3) is 0.381. The number of benzene rings is 2. The Morgan fingerprint density at radius 2 is 1.64 bits per heavy atom. The van der Waals surface area contributed by atoms with E-state index in [1.807, 2.05) is 68.1 Å². The van der Waals surface area contributed by atoms with Crippen molar-refractivity contribution in [2.24, 2.45) is 0 Å². The lowest BCUT2D eigenvalue weighted by atomic mass is 10.1. The largest absolute Gasteiger partial charge is 0.349 e. The Morgan fingerprint density at radius 3 is 2.21 bits per heavy atom. The van der Waals surface area contributed by atoms with Crippen LogP contribution in [0.15, 0.2) is 54.6 Å². The zero-order valence-electron chi connectivity index (χ0n) is 16.8. The number of aryl methyl sites for hydroxylation is 1. The summed E-state index contributed by atoms with van der Waals surface area (Å²) in [6, 6.07) is 18.1. The van der Waals surface area contributed by atoms with E-state index in [9.17, 15) is 4.57 Å². The molecule has 0 spiro atoms. The van der Waals surface area contributed by atoms with E-state index < -0.39 is 7.60 Å². The number of nitrogens with one attached hydrogen (secondary N) is 1. The van der Waals surface area contributed by atoms with E-state index >= 15 is 0 Å². The highest BCUT2D eigenvalue weighted by Gasteiger charge is 2.28. The van der Waals surface area contributed by atoms with Crippen LogP contribution >= 0.6 is 19.8 Å². The van der Waals surface area contributed by atoms with Crippen LogP contribution in [0, 0.1) is 6.92 Å². The molecule has 0 fully saturated rings. The molecular formula is C21H29N2O3PS. The molecule has 0 saturated carbocycles. The molecule has 0 aliphatic rings. The van der Waals surface area contributed by atoms with E-state index in [1.165, 1.54) is 11.1 Å². The van der Waals surface area contributed by atoms with E-state index in [0.717, 1.165) is 12.1 Å². The van der Waals surface area contributed by atoms with Crippen molar-refractivity contribution >= 4 is 30.6 Å². The van der Waals surface area contributed by atoms with Crippen LogP contribution in [0.5, 0.6) is 0 Å². The second-order valence-corrected chi connectivity index (χ2v) is 8.79. The lowest BCUT2D eigenvalue weighted by molar-refractivity contribution is 0.210. The minimum atomic E-state index is -3.26. The van der Waals surface area contributed by atoms with E-state index in [1.54, 1.807) is 0 Å². The van der Waals surface area contributed by atoms with Gasteiger partial charge in [-0.2, -0.15) is 0 Å². The summed E-state index contributed by atoms with van der Waals surface area (Å²) in [4.78, 5) is 1.87. The molecule has 5 nitrogen and oxygen atoms in total. The van der Waals surface area contributed by atoms with Gasteiger partial charge in [-0.3, -0.25) is 4.57 Å². The summed E-state index contributed by atoms with van der Waals surface area (Å²) in [7, 11) is -3.26. The highest BCUT2D eigenvalue weighted by atomic mass is 32.1. The molecule has 28 heavy (non-hydrogen) atoms. The first kappa shape index (κ1) is 22.6. The van der Waals surface area contributed by atoms with E-state index in [4.69, 9.17) is 21.3 Å². The third-order valence-corrected chi connectivity index (χ3v) is 6.45. The van der Waals surface area contributed by atoms with Crippen LogP contribution in [-0.4, -0.2) is 36.1 Å². The Hall–Kier alpha value is -1.72. The number of nitrogens with zero attached hydrogens (tertiary/aromatic N) is 1. The predicted molar refractivity (Wildman–Crippen MR) is 120 cm³/mol. The standard InChI is InChI=1S/C21H29N2O3PS/c1-4-25-27(24,26-5-2)17-23(16-15-19-9-7-6-8-10-19)21(28)22-20-13-11-18(3)12-14-20/h6-14H,4-5,15-17H2,1-3H3,(H,22,28). The summed E-state index contributed by atoms with van der Waals surface area (Å²) >= 11 is 5.62. The first-order chi connectivity index (χ1) is 13.5. The average Bonchev–Trinajstić information content (AvgIpc) is 2.68. The summed E-state index contributed by atoms with van der Waals surface area (Å²) < 4.78 is 24.0. The Kier molecular flexibility index (Phi) is 9.13. The fourth-order valence-corrected chi connectivity index (χ4v) is 4.80. The molecule has 0 bridgehead atoms. The molecule has 0 aliphatic carbocycles. The number of anilines is 1. The van der Waals surface area contributed by atoms with Crippen LogP contribution in [0.2, 0.25) is 0 Å². The maximum absolute atomic E-state index is 13.1. The van der Waals surface area contributed by atoms with Gasteiger partial charge in [-0.05, 0) is 57.1 Å². The van der Waals surface area contributed by atoms with E-state index in [0.29, 0.717) is 24.9 Å². The smallest absolute Gasteiger partial charge is 0.337 e. The quantitative estimate of drug-likeness (QED) is 0.407. The van der Waals surface area contributed by atoms with Crippen LogP contribution in [0.25, 0.3) is 0 Å². The van der Waals surface area contributed by atoms with Gasteiger partial charge in [0.25, 0.3) is 0 Å². The molecule has 0 aliphatic heterocycles. The summed E-state index contributed by atoms with van der Waals surface area (Å²) in [5, 5.41) is 3.74. The summed E-state index contributed by atoms with van der Waals surface area (Å²) in [6.07, 6.45) is 0.883. The Bertz CT molecular complexity index is 774. The van der Waals surface area contributed by atoms with Gasteiger partial charge in [-0.1, -0.05) is 48.0 Å². The van der Waals surface area contributed by atoms with Gasteiger partial charge in [0.05, 0.1) is 13.2 Å². The van der Waals surface area contributed by atoms with Gasteiger partial charge in [0.15, 0.2) is 5.11 Å². The van der Waals surface area contributed by atoms with Crippen molar-refractivity contribution in [1.29, 1.82) is 0 Å². The minimum Gasteiger partial charge on any atom is -0.337 e. The van der Waals surface area contributed by atoms with E-state index in [2.05, 4.69) is 17.4 Å². The number of hydrogen-bond donors (Lipinski definition) is 1. The molecule has 0 heterocycles. The predicted octanol–water partition coefficient (Wildman–Crippen LogP) is 5.46. The average molecular weight is 421 g/mol. The van der Waals surface area contributed by atoms with Gasteiger partial charge in [0, 0.05) is 12.2 Å². The first-order valence-corrected chi connectivity index (χ1v) is 11.6. The summed E-state index contributed by atoms with van der Waals surface area (Å²) in [5.41, 5.74) is 3.26. The number of hydrogen-bond acceptors (Lipinski definition) is 4. The lowest BCUT2D eigenvalue weighted by Gasteiger charge is -2.29. The van der Waals surface area contributed by atoms with Crippen LogP contribution in [0.4, 0.5) is 5.69 Å². The van der Waals surface area contributed by atoms with Crippen molar-refractivity contribution < 1.29 is 13.6 Å². The van der Waals surface area contributed by atoms with Crippen molar-refractivity contribution in [2.75, 3.05) is 31.4 Å². The normalized spacial score (nSPS) is 11.2.